The fourth-order valence-corrected chi connectivity index (χ4v) is 0.889. The molecule has 0 aromatic carbocycles. The first-order valence-electron chi connectivity index (χ1n) is 3.37. The number of nitrogens with zero attached hydrogens (tertiary/aromatic N) is 2. The van der Waals surface area contributed by atoms with E-state index in [0.29, 0.717) is 6.04 Å². The van der Waals surface area contributed by atoms with Crippen molar-refractivity contribution < 1.29 is 0 Å². The molecule has 0 aromatic rings. The average Bonchev–Trinajstić information content (AvgIpc) is 2.66. The third-order valence-electron chi connectivity index (χ3n) is 1.92. The molecule has 1 rings (SSSR count). The Labute approximate surface area is 68.2 Å². The largest absolute Gasteiger partial charge is 0.288 e. The van der Waals surface area contributed by atoms with Crippen LogP contribution in [0.5, 0.6) is 0 Å². The molecule has 0 aromatic heterocycles. The lowest BCUT2D eigenvalue weighted by molar-refractivity contribution is 0.292. The lowest BCUT2D eigenvalue weighted by atomic mass is 10.3. The first kappa shape index (κ1) is 9.74. The highest BCUT2D eigenvalue weighted by molar-refractivity contribution is 5.85. The van der Waals surface area contributed by atoms with E-state index >= 15 is 0 Å². The second-order valence-corrected chi connectivity index (χ2v) is 2.70. The van der Waals surface area contributed by atoms with Crippen molar-refractivity contribution in [2.75, 3.05) is 7.05 Å². The minimum atomic E-state index is 0. The van der Waals surface area contributed by atoms with Gasteiger partial charge in [0, 0.05) is 6.04 Å². The molecule has 58 valence electrons. The van der Waals surface area contributed by atoms with Crippen LogP contribution >= 0.6 is 12.4 Å². The molecule has 1 unspecified atom stereocenters. The van der Waals surface area contributed by atoms with Crippen molar-refractivity contribution in [3.8, 4) is 6.07 Å². The molecular weight excluding hydrogens is 148 g/mol. The molecule has 1 atom stereocenters. The predicted octanol–water partition coefficient (Wildman–Crippen LogP) is 1.41. The quantitative estimate of drug-likeness (QED) is 0.611. The average molecular weight is 161 g/mol. The van der Waals surface area contributed by atoms with Gasteiger partial charge in [0.05, 0.1) is 12.1 Å². The summed E-state index contributed by atoms with van der Waals surface area (Å²) in [6.45, 7) is 1.94. The summed E-state index contributed by atoms with van der Waals surface area (Å²) in [5.74, 6) is 0. The van der Waals surface area contributed by atoms with Crippen LogP contribution in [-0.2, 0) is 0 Å². The number of hydrogen-bond acceptors (Lipinski definition) is 2. The summed E-state index contributed by atoms with van der Waals surface area (Å²) in [6.07, 6.45) is 2.56. The first-order valence-corrected chi connectivity index (χ1v) is 3.37. The number of halogens is 1. The maximum atomic E-state index is 8.49. The second-order valence-electron chi connectivity index (χ2n) is 2.70. The van der Waals surface area contributed by atoms with Gasteiger partial charge in [0.15, 0.2) is 0 Å². The van der Waals surface area contributed by atoms with Crippen molar-refractivity contribution in [1.29, 1.82) is 5.26 Å². The van der Waals surface area contributed by atoms with Gasteiger partial charge in [0.1, 0.15) is 0 Å². The van der Waals surface area contributed by atoms with Crippen LogP contribution in [-0.4, -0.2) is 24.0 Å². The fourth-order valence-electron chi connectivity index (χ4n) is 0.889. The third kappa shape index (κ3) is 2.17. The summed E-state index contributed by atoms with van der Waals surface area (Å²) in [6, 6.07) is 3.01. The Bertz CT molecular complexity index is 137. The number of rotatable bonds is 2. The molecule has 1 aliphatic rings. The molecule has 1 fully saturated rings. The van der Waals surface area contributed by atoms with E-state index in [9.17, 15) is 0 Å². The Morgan fingerprint density at radius 2 is 2.10 bits per heavy atom. The van der Waals surface area contributed by atoms with Crippen LogP contribution in [0.4, 0.5) is 0 Å². The van der Waals surface area contributed by atoms with Crippen molar-refractivity contribution in [3.05, 3.63) is 0 Å². The highest BCUT2D eigenvalue weighted by Crippen LogP contribution is 2.26. The predicted molar refractivity (Wildman–Crippen MR) is 43.1 cm³/mol. The molecule has 2 nitrogen and oxygen atoms in total. The normalized spacial score (nSPS) is 19.4. The van der Waals surface area contributed by atoms with Gasteiger partial charge < -0.3 is 0 Å². The first-order chi connectivity index (χ1) is 4.25. The minimum Gasteiger partial charge on any atom is -0.288 e. The van der Waals surface area contributed by atoms with Crippen molar-refractivity contribution in [2.45, 2.75) is 31.8 Å². The molecule has 0 saturated heterocycles. The zero-order valence-corrected chi connectivity index (χ0v) is 7.19. The zero-order chi connectivity index (χ0) is 6.85. The van der Waals surface area contributed by atoms with E-state index in [1.807, 2.05) is 14.0 Å². The van der Waals surface area contributed by atoms with E-state index in [-0.39, 0.29) is 18.4 Å². The molecule has 1 saturated carbocycles. The highest BCUT2D eigenvalue weighted by atomic mass is 35.5. The van der Waals surface area contributed by atoms with Crippen LogP contribution in [0.1, 0.15) is 19.8 Å². The molecule has 3 heteroatoms. The fraction of sp³-hybridized carbons (Fsp3) is 0.857. The van der Waals surface area contributed by atoms with Crippen molar-refractivity contribution in [2.24, 2.45) is 0 Å². The van der Waals surface area contributed by atoms with Crippen LogP contribution in [0.2, 0.25) is 0 Å². The summed E-state index contributed by atoms with van der Waals surface area (Å²) in [5.41, 5.74) is 0. The molecule has 10 heavy (non-hydrogen) atoms. The van der Waals surface area contributed by atoms with Gasteiger partial charge in [0.2, 0.25) is 0 Å². The summed E-state index contributed by atoms with van der Waals surface area (Å²) in [4.78, 5) is 2.14. The second kappa shape index (κ2) is 3.80. The van der Waals surface area contributed by atoms with E-state index in [2.05, 4.69) is 11.0 Å². The molecule has 0 amide bonds. The van der Waals surface area contributed by atoms with Crippen molar-refractivity contribution >= 4 is 12.4 Å². The Kier molecular flexibility index (Phi) is 3.70. The molecule has 0 aliphatic heterocycles. The van der Waals surface area contributed by atoms with Crippen LogP contribution in [0.15, 0.2) is 0 Å². The van der Waals surface area contributed by atoms with Gasteiger partial charge in [0.25, 0.3) is 0 Å². The summed E-state index contributed by atoms with van der Waals surface area (Å²) >= 11 is 0. The SMILES string of the molecule is CC(C#N)N(C)C1CC1.Cl. The lowest BCUT2D eigenvalue weighted by Crippen LogP contribution is -2.29. The molecule has 0 heterocycles. The third-order valence-corrected chi connectivity index (χ3v) is 1.92. The number of hydrogen-bond donors (Lipinski definition) is 0. The van der Waals surface area contributed by atoms with E-state index in [1.54, 1.807) is 0 Å². The Morgan fingerprint density at radius 1 is 1.60 bits per heavy atom. The maximum absolute atomic E-state index is 8.49. The van der Waals surface area contributed by atoms with Gasteiger partial charge in [-0.2, -0.15) is 5.26 Å². The van der Waals surface area contributed by atoms with Crippen LogP contribution in [0, 0.1) is 11.3 Å². The van der Waals surface area contributed by atoms with Crippen LogP contribution < -0.4 is 0 Å². The summed E-state index contributed by atoms with van der Waals surface area (Å²) in [5, 5.41) is 8.49. The van der Waals surface area contributed by atoms with Gasteiger partial charge in [-0.1, -0.05) is 0 Å². The summed E-state index contributed by atoms with van der Waals surface area (Å²) in [7, 11) is 2.02. The van der Waals surface area contributed by atoms with Crippen molar-refractivity contribution in [1.82, 2.24) is 4.90 Å². The molecule has 0 N–H and O–H groups in total. The molecule has 0 bridgehead atoms. The summed E-state index contributed by atoms with van der Waals surface area (Å²) < 4.78 is 0. The number of nitriles is 1. The topological polar surface area (TPSA) is 27.0 Å². The molecular formula is C7H13ClN2. The van der Waals surface area contributed by atoms with E-state index in [4.69, 9.17) is 5.26 Å². The van der Waals surface area contributed by atoms with Crippen molar-refractivity contribution in [3.63, 3.8) is 0 Å². The minimum absolute atomic E-state index is 0. The van der Waals surface area contributed by atoms with Gasteiger partial charge >= 0.3 is 0 Å². The standard InChI is InChI=1S/C7H12N2.ClH/c1-6(5-8)9(2)7-3-4-7;/h6-7H,3-4H2,1-2H3;1H. The van der Waals surface area contributed by atoms with Crippen LogP contribution in [0.3, 0.4) is 0 Å². The molecule has 0 spiro atoms. The Morgan fingerprint density at radius 3 is 2.40 bits per heavy atom. The van der Waals surface area contributed by atoms with E-state index in [1.165, 1.54) is 12.8 Å². The van der Waals surface area contributed by atoms with Gasteiger partial charge in [-0.15, -0.1) is 12.4 Å². The Balaban J connectivity index is 0.000000810. The van der Waals surface area contributed by atoms with Gasteiger partial charge in [-0.3, -0.25) is 4.90 Å². The lowest BCUT2D eigenvalue weighted by Gasteiger charge is -2.16. The molecule has 0 radical (unpaired) electrons. The maximum Gasteiger partial charge on any atom is 0.0949 e. The highest BCUT2D eigenvalue weighted by Gasteiger charge is 2.28. The molecule has 1 aliphatic carbocycles. The van der Waals surface area contributed by atoms with E-state index < -0.39 is 0 Å². The van der Waals surface area contributed by atoms with Gasteiger partial charge in [-0.05, 0) is 26.8 Å². The van der Waals surface area contributed by atoms with E-state index in [0.717, 1.165) is 0 Å². The van der Waals surface area contributed by atoms with Gasteiger partial charge in [-0.25, -0.2) is 0 Å². The van der Waals surface area contributed by atoms with Crippen LogP contribution in [0.25, 0.3) is 0 Å². The Hall–Kier alpha value is -0.260. The zero-order valence-electron chi connectivity index (χ0n) is 6.37. The smallest absolute Gasteiger partial charge is 0.0949 e. The monoisotopic (exact) mass is 160 g/mol.